The topological polar surface area (TPSA) is 81.7 Å². The van der Waals surface area contributed by atoms with Gasteiger partial charge in [0.1, 0.15) is 0 Å². The number of carboxylic acids is 1. The number of carbonyl (C=O) groups excluding carboxylic acids is 1. The molecule has 1 fully saturated rings. The van der Waals surface area contributed by atoms with Gasteiger partial charge in [0, 0.05) is 18.8 Å². The van der Waals surface area contributed by atoms with Gasteiger partial charge in [0.25, 0.3) is 0 Å². The second-order valence-electron chi connectivity index (χ2n) is 5.14. The summed E-state index contributed by atoms with van der Waals surface area (Å²) >= 11 is 0. The maximum atomic E-state index is 11.7. The molecule has 6 nitrogen and oxygen atoms in total. The van der Waals surface area contributed by atoms with Gasteiger partial charge in [-0.2, -0.15) is 0 Å². The number of benzene rings is 1. The molecule has 0 aliphatic carbocycles. The molecule has 1 atom stereocenters. The zero-order valence-electron chi connectivity index (χ0n) is 11.4. The highest BCUT2D eigenvalue weighted by atomic mass is 16.4. The highest BCUT2D eigenvalue weighted by Crippen LogP contribution is 2.13. The molecule has 1 aliphatic rings. The van der Waals surface area contributed by atoms with E-state index >= 15 is 0 Å². The summed E-state index contributed by atoms with van der Waals surface area (Å²) in [4.78, 5) is 24.8. The second-order valence-corrected chi connectivity index (χ2v) is 5.14. The zero-order valence-corrected chi connectivity index (χ0v) is 11.4. The van der Waals surface area contributed by atoms with Gasteiger partial charge in [0.05, 0.1) is 5.56 Å². The van der Waals surface area contributed by atoms with Gasteiger partial charge in [0.2, 0.25) is 0 Å². The number of aromatic carboxylic acids is 1. The van der Waals surface area contributed by atoms with Crippen molar-refractivity contribution in [1.29, 1.82) is 0 Å². The van der Waals surface area contributed by atoms with Gasteiger partial charge in [-0.3, -0.25) is 0 Å². The first-order valence-corrected chi connectivity index (χ1v) is 6.61. The normalized spacial score (nSPS) is 18.8. The van der Waals surface area contributed by atoms with Gasteiger partial charge in [-0.15, -0.1) is 0 Å². The van der Waals surface area contributed by atoms with E-state index in [2.05, 4.69) is 22.6 Å². The van der Waals surface area contributed by atoms with E-state index in [1.807, 2.05) is 0 Å². The van der Waals surface area contributed by atoms with Crippen molar-refractivity contribution < 1.29 is 14.7 Å². The standard InChI is InChI=1S/C14H19N3O3/c1-17-6-5-10(9-17)8-15-14(20)16-12-4-2-3-11(7-12)13(18)19/h2-4,7,10H,5-6,8-9H2,1H3,(H,18,19)(H2,15,16,20). The highest BCUT2D eigenvalue weighted by molar-refractivity contribution is 5.93. The Bertz CT molecular complexity index is 504. The maximum Gasteiger partial charge on any atom is 0.335 e. The molecule has 0 bridgehead atoms. The summed E-state index contributed by atoms with van der Waals surface area (Å²) in [5, 5.41) is 14.3. The van der Waals surface area contributed by atoms with Gasteiger partial charge >= 0.3 is 12.0 Å². The van der Waals surface area contributed by atoms with Crippen LogP contribution in [0, 0.1) is 5.92 Å². The van der Waals surface area contributed by atoms with Crippen LogP contribution in [0.25, 0.3) is 0 Å². The van der Waals surface area contributed by atoms with Crippen molar-refractivity contribution in [2.24, 2.45) is 5.92 Å². The molecule has 20 heavy (non-hydrogen) atoms. The van der Waals surface area contributed by atoms with Gasteiger partial charge < -0.3 is 20.6 Å². The van der Waals surface area contributed by atoms with Crippen LogP contribution in [0.2, 0.25) is 0 Å². The Labute approximate surface area is 117 Å². The van der Waals surface area contributed by atoms with Crippen LogP contribution < -0.4 is 10.6 Å². The zero-order chi connectivity index (χ0) is 14.5. The van der Waals surface area contributed by atoms with Crippen molar-refractivity contribution in [3.63, 3.8) is 0 Å². The van der Waals surface area contributed by atoms with E-state index in [9.17, 15) is 9.59 Å². The first-order chi connectivity index (χ1) is 9.54. The van der Waals surface area contributed by atoms with E-state index in [1.165, 1.54) is 12.1 Å². The number of nitrogens with zero attached hydrogens (tertiary/aromatic N) is 1. The van der Waals surface area contributed by atoms with Gasteiger partial charge in [0.15, 0.2) is 0 Å². The SMILES string of the molecule is CN1CCC(CNC(=O)Nc2cccc(C(=O)O)c2)C1. The highest BCUT2D eigenvalue weighted by Gasteiger charge is 2.19. The molecular formula is C14H19N3O3. The number of carbonyl (C=O) groups is 2. The number of amides is 2. The monoisotopic (exact) mass is 277 g/mol. The van der Waals surface area contributed by atoms with Crippen LogP contribution in [0.4, 0.5) is 10.5 Å². The number of hydrogen-bond acceptors (Lipinski definition) is 3. The Morgan fingerprint density at radius 3 is 2.90 bits per heavy atom. The molecule has 3 N–H and O–H groups in total. The third-order valence-corrected chi connectivity index (χ3v) is 3.41. The van der Waals surface area contributed by atoms with E-state index in [0.29, 0.717) is 18.2 Å². The van der Waals surface area contributed by atoms with E-state index in [-0.39, 0.29) is 11.6 Å². The fraction of sp³-hybridized carbons (Fsp3) is 0.429. The lowest BCUT2D eigenvalue weighted by Crippen LogP contribution is -2.33. The largest absolute Gasteiger partial charge is 0.478 e. The molecule has 2 amide bonds. The van der Waals surface area contributed by atoms with Crippen LogP contribution in [0.1, 0.15) is 16.8 Å². The Hall–Kier alpha value is -2.08. The van der Waals surface area contributed by atoms with Crippen molar-refractivity contribution >= 4 is 17.7 Å². The van der Waals surface area contributed by atoms with Crippen molar-refractivity contribution in [2.75, 3.05) is 32.0 Å². The Morgan fingerprint density at radius 2 is 2.25 bits per heavy atom. The third kappa shape index (κ3) is 3.96. The molecule has 108 valence electrons. The number of nitrogens with one attached hydrogen (secondary N) is 2. The number of hydrogen-bond donors (Lipinski definition) is 3. The first kappa shape index (κ1) is 14.3. The number of likely N-dealkylation sites (tertiary alicyclic amines) is 1. The van der Waals surface area contributed by atoms with Crippen molar-refractivity contribution in [3.8, 4) is 0 Å². The predicted molar refractivity (Wildman–Crippen MR) is 76.0 cm³/mol. The summed E-state index contributed by atoms with van der Waals surface area (Å²) in [6.07, 6.45) is 1.09. The summed E-state index contributed by atoms with van der Waals surface area (Å²) in [5.74, 6) is -0.529. The van der Waals surface area contributed by atoms with Crippen molar-refractivity contribution in [2.45, 2.75) is 6.42 Å². The number of carboxylic acid groups (broad SMARTS) is 1. The average Bonchev–Trinajstić information content (AvgIpc) is 2.82. The number of rotatable bonds is 4. The first-order valence-electron chi connectivity index (χ1n) is 6.61. The molecule has 1 aromatic rings. The molecule has 2 rings (SSSR count). The molecule has 0 saturated carbocycles. The van der Waals surface area contributed by atoms with Crippen molar-refractivity contribution in [3.05, 3.63) is 29.8 Å². The summed E-state index contributed by atoms with van der Waals surface area (Å²) < 4.78 is 0. The van der Waals surface area contributed by atoms with E-state index in [1.54, 1.807) is 12.1 Å². The number of urea groups is 1. The molecule has 1 heterocycles. The summed E-state index contributed by atoms with van der Waals surface area (Å²) in [5.41, 5.74) is 0.631. The lowest BCUT2D eigenvalue weighted by atomic mass is 10.1. The summed E-state index contributed by atoms with van der Waals surface area (Å²) in [6, 6.07) is 5.88. The van der Waals surface area contributed by atoms with Gasteiger partial charge in [-0.25, -0.2) is 9.59 Å². The minimum atomic E-state index is -1.01. The third-order valence-electron chi connectivity index (χ3n) is 3.41. The fourth-order valence-corrected chi connectivity index (χ4v) is 2.34. The molecule has 1 unspecified atom stereocenters. The molecule has 0 spiro atoms. The molecule has 6 heteroatoms. The Kier molecular flexibility index (Phi) is 4.57. The number of anilines is 1. The lowest BCUT2D eigenvalue weighted by Gasteiger charge is -2.12. The minimum absolute atomic E-state index is 0.153. The maximum absolute atomic E-state index is 11.7. The van der Waals surface area contributed by atoms with E-state index < -0.39 is 5.97 Å². The average molecular weight is 277 g/mol. The van der Waals surface area contributed by atoms with E-state index in [0.717, 1.165) is 19.5 Å². The molecule has 1 saturated heterocycles. The van der Waals surface area contributed by atoms with Crippen LogP contribution in [0.3, 0.4) is 0 Å². The molecular weight excluding hydrogens is 258 g/mol. The quantitative estimate of drug-likeness (QED) is 0.778. The van der Waals surface area contributed by atoms with Crippen LogP contribution in [0.5, 0.6) is 0 Å². The van der Waals surface area contributed by atoms with Gasteiger partial charge in [-0.05, 0) is 44.1 Å². The Morgan fingerprint density at radius 1 is 1.45 bits per heavy atom. The van der Waals surface area contributed by atoms with Crippen molar-refractivity contribution in [1.82, 2.24) is 10.2 Å². The van der Waals surface area contributed by atoms with Crippen LogP contribution in [-0.2, 0) is 0 Å². The molecule has 0 aromatic heterocycles. The molecule has 0 radical (unpaired) electrons. The summed E-state index contributed by atoms with van der Waals surface area (Å²) in [6.45, 7) is 2.69. The predicted octanol–water partition coefficient (Wildman–Crippen LogP) is 1.46. The van der Waals surface area contributed by atoms with Crippen LogP contribution in [0.15, 0.2) is 24.3 Å². The van der Waals surface area contributed by atoms with Gasteiger partial charge in [-0.1, -0.05) is 6.07 Å². The Balaban J connectivity index is 1.82. The van der Waals surface area contributed by atoms with Crippen LogP contribution in [-0.4, -0.2) is 48.7 Å². The second kappa shape index (κ2) is 6.38. The summed E-state index contributed by atoms with van der Waals surface area (Å²) in [7, 11) is 2.07. The van der Waals surface area contributed by atoms with Crippen LogP contribution >= 0.6 is 0 Å². The fourth-order valence-electron chi connectivity index (χ4n) is 2.34. The molecule has 1 aromatic carbocycles. The smallest absolute Gasteiger partial charge is 0.335 e. The lowest BCUT2D eigenvalue weighted by molar-refractivity contribution is 0.0697. The minimum Gasteiger partial charge on any atom is -0.478 e. The molecule has 1 aliphatic heterocycles. The van der Waals surface area contributed by atoms with E-state index in [4.69, 9.17) is 5.11 Å².